The summed E-state index contributed by atoms with van der Waals surface area (Å²) in [7, 11) is 0. The van der Waals surface area contributed by atoms with Gasteiger partial charge < -0.3 is 9.73 Å². The summed E-state index contributed by atoms with van der Waals surface area (Å²) in [6, 6.07) is 3.97. The van der Waals surface area contributed by atoms with Crippen LogP contribution in [0, 0.1) is 0 Å². The number of hydrogen-bond donors (Lipinski definition) is 1. The lowest BCUT2D eigenvalue weighted by molar-refractivity contribution is 0.530. The lowest BCUT2D eigenvalue weighted by Crippen LogP contribution is -2.18. The van der Waals surface area contributed by atoms with Gasteiger partial charge in [0, 0.05) is 12.3 Å². The molecule has 1 rings (SSSR count). The summed E-state index contributed by atoms with van der Waals surface area (Å²) >= 11 is 1.91. The highest BCUT2D eigenvalue weighted by atomic mass is 32.2. The first-order chi connectivity index (χ1) is 6.93. The molecule has 0 aliphatic rings. The van der Waals surface area contributed by atoms with Crippen LogP contribution in [-0.4, -0.2) is 18.8 Å². The second-order valence-corrected chi connectivity index (χ2v) is 4.34. The van der Waals surface area contributed by atoms with Crippen molar-refractivity contribution in [2.24, 2.45) is 0 Å². The van der Waals surface area contributed by atoms with Crippen LogP contribution in [0.5, 0.6) is 0 Å². The van der Waals surface area contributed by atoms with Gasteiger partial charge in [-0.15, -0.1) is 0 Å². The molecular weight excluding hydrogens is 194 g/mol. The molecule has 0 amide bonds. The number of rotatable bonds is 8. The monoisotopic (exact) mass is 213 g/mol. The molecular formula is C11H19NOS. The van der Waals surface area contributed by atoms with Crippen LogP contribution in [0.1, 0.15) is 25.5 Å². The molecule has 1 heterocycles. The Labute approximate surface area is 90.5 Å². The predicted octanol–water partition coefficient (Wildman–Crippen LogP) is 2.90. The minimum Gasteiger partial charge on any atom is -0.468 e. The smallest absolute Gasteiger partial charge is 0.113 e. The molecule has 0 fully saturated rings. The maximum Gasteiger partial charge on any atom is 0.113 e. The van der Waals surface area contributed by atoms with Crippen molar-refractivity contribution in [1.29, 1.82) is 0 Å². The van der Waals surface area contributed by atoms with Gasteiger partial charge in [-0.05, 0) is 25.1 Å². The molecule has 0 spiro atoms. The molecule has 1 aromatic rings. The Morgan fingerprint density at radius 3 is 3.07 bits per heavy atom. The van der Waals surface area contributed by atoms with Crippen molar-refractivity contribution in [3.05, 3.63) is 24.2 Å². The molecule has 2 nitrogen and oxygen atoms in total. The summed E-state index contributed by atoms with van der Waals surface area (Å²) in [5.41, 5.74) is 0. The minimum atomic E-state index is 0.989. The van der Waals surface area contributed by atoms with E-state index in [-0.39, 0.29) is 0 Å². The summed E-state index contributed by atoms with van der Waals surface area (Å²) in [5.74, 6) is 3.22. The fraction of sp³-hybridized carbons (Fsp3) is 0.636. The largest absolute Gasteiger partial charge is 0.468 e. The molecule has 0 aliphatic carbocycles. The average molecular weight is 213 g/mol. The fourth-order valence-corrected chi connectivity index (χ4v) is 1.94. The van der Waals surface area contributed by atoms with E-state index in [1.165, 1.54) is 12.8 Å². The molecule has 80 valence electrons. The van der Waals surface area contributed by atoms with E-state index < -0.39 is 0 Å². The summed E-state index contributed by atoms with van der Waals surface area (Å²) in [4.78, 5) is 0. The lowest BCUT2D eigenvalue weighted by Gasteiger charge is -2.02. The van der Waals surface area contributed by atoms with Crippen molar-refractivity contribution in [3.8, 4) is 0 Å². The van der Waals surface area contributed by atoms with Crippen molar-refractivity contribution in [1.82, 2.24) is 5.32 Å². The Hall–Kier alpha value is -0.410. The summed E-state index contributed by atoms with van der Waals surface area (Å²) < 4.78 is 5.24. The lowest BCUT2D eigenvalue weighted by atomic mass is 10.3. The summed E-state index contributed by atoms with van der Waals surface area (Å²) in [6.45, 7) is 4.47. The predicted molar refractivity (Wildman–Crippen MR) is 62.6 cm³/mol. The molecule has 0 saturated carbocycles. The molecule has 0 radical (unpaired) electrons. The van der Waals surface area contributed by atoms with Crippen LogP contribution in [0.15, 0.2) is 22.8 Å². The zero-order valence-electron chi connectivity index (χ0n) is 8.79. The van der Waals surface area contributed by atoms with Gasteiger partial charge in [0.2, 0.25) is 0 Å². The zero-order valence-corrected chi connectivity index (χ0v) is 9.61. The van der Waals surface area contributed by atoms with Crippen molar-refractivity contribution < 1.29 is 4.42 Å². The first-order valence-corrected chi connectivity index (χ1v) is 6.39. The molecule has 0 bridgehead atoms. The van der Waals surface area contributed by atoms with E-state index in [4.69, 9.17) is 4.42 Å². The van der Waals surface area contributed by atoms with Gasteiger partial charge in [0.05, 0.1) is 12.0 Å². The van der Waals surface area contributed by atoms with Gasteiger partial charge in [-0.25, -0.2) is 0 Å². The van der Waals surface area contributed by atoms with Crippen molar-refractivity contribution >= 4 is 11.8 Å². The van der Waals surface area contributed by atoms with E-state index in [0.717, 1.165) is 30.4 Å². The molecule has 14 heavy (non-hydrogen) atoms. The standard InChI is InChI=1S/C11H19NOS/c1-2-3-6-12-7-9-14-10-11-5-4-8-13-11/h4-5,8,12H,2-3,6-7,9-10H2,1H3. The topological polar surface area (TPSA) is 25.2 Å². The SMILES string of the molecule is CCCCNCCSCc1ccco1. The van der Waals surface area contributed by atoms with Gasteiger partial charge in [-0.3, -0.25) is 0 Å². The number of nitrogens with one attached hydrogen (secondary N) is 1. The van der Waals surface area contributed by atoms with Gasteiger partial charge in [0.15, 0.2) is 0 Å². The van der Waals surface area contributed by atoms with Crippen molar-refractivity contribution in [2.75, 3.05) is 18.8 Å². The quantitative estimate of drug-likeness (QED) is 0.672. The van der Waals surface area contributed by atoms with Crippen LogP contribution in [0.2, 0.25) is 0 Å². The summed E-state index contributed by atoms with van der Waals surface area (Å²) in [6.07, 6.45) is 4.28. The van der Waals surface area contributed by atoms with Crippen LogP contribution < -0.4 is 5.32 Å². The van der Waals surface area contributed by atoms with Crippen LogP contribution in [-0.2, 0) is 5.75 Å². The normalized spacial score (nSPS) is 10.6. The first kappa shape index (κ1) is 11.7. The second-order valence-electron chi connectivity index (χ2n) is 3.24. The number of hydrogen-bond acceptors (Lipinski definition) is 3. The Morgan fingerprint density at radius 2 is 2.36 bits per heavy atom. The van der Waals surface area contributed by atoms with Gasteiger partial charge in [0.1, 0.15) is 5.76 Å². The van der Waals surface area contributed by atoms with E-state index in [1.54, 1.807) is 6.26 Å². The number of furan rings is 1. The molecule has 1 N–H and O–H groups in total. The Morgan fingerprint density at radius 1 is 1.43 bits per heavy atom. The molecule has 1 aromatic heterocycles. The van der Waals surface area contributed by atoms with Gasteiger partial charge >= 0.3 is 0 Å². The van der Waals surface area contributed by atoms with Crippen LogP contribution in [0.25, 0.3) is 0 Å². The van der Waals surface area contributed by atoms with Gasteiger partial charge in [-0.2, -0.15) is 11.8 Å². The Bertz CT molecular complexity index is 211. The van der Waals surface area contributed by atoms with E-state index in [1.807, 2.05) is 23.9 Å². The third-order valence-corrected chi connectivity index (χ3v) is 2.94. The molecule has 0 atom stereocenters. The number of thioether (sulfide) groups is 1. The Balaban J connectivity index is 1.85. The molecule has 0 unspecified atom stereocenters. The first-order valence-electron chi connectivity index (χ1n) is 5.24. The molecule has 0 aliphatic heterocycles. The minimum absolute atomic E-state index is 0.989. The third-order valence-electron chi connectivity index (χ3n) is 1.95. The van der Waals surface area contributed by atoms with E-state index >= 15 is 0 Å². The van der Waals surface area contributed by atoms with Gasteiger partial charge in [0.25, 0.3) is 0 Å². The van der Waals surface area contributed by atoms with Crippen molar-refractivity contribution in [2.45, 2.75) is 25.5 Å². The van der Waals surface area contributed by atoms with Crippen LogP contribution in [0.4, 0.5) is 0 Å². The highest BCUT2D eigenvalue weighted by Crippen LogP contribution is 2.11. The van der Waals surface area contributed by atoms with Crippen molar-refractivity contribution in [3.63, 3.8) is 0 Å². The summed E-state index contributed by atoms with van der Waals surface area (Å²) in [5, 5.41) is 3.41. The van der Waals surface area contributed by atoms with Crippen LogP contribution in [0.3, 0.4) is 0 Å². The van der Waals surface area contributed by atoms with E-state index in [2.05, 4.69) is 12.2 Å². The van der Waals surface area contributed by atoms with Gasteiger partial charge in [-0.1, -0.05) is 13.3 Å². The van der Waals surface area contributed by atoms with Crippen LogP contribution >= 0.6 is 11.8 Å². The maximum absolute atomic E-state index is 5.24. The highest BCUT2D eigenvalue weighted by Gasteiger charge is 1.94. The second kappa shape index (κ2) is 7.94. The molecule has 3 heteroatoms. The number of unbranched alkanes of at least 4 members (excludes halogenated alkanes) is 1. The fourth-order valence-electron chi connectivity index (χ4n) is 1.14. The van der Waals surface area contributed by atoms with E-state index in [9.17, 15) is 0 Å². The maximum atomic E-state index is 5.24. The highest BCUT2D eigenvalue weighted by molar-refractivity contribution is 7.98. The van der Waals surface area contributed by atoms with E-state index in [0.29, 0.717) is 0 Å². The molecule has 0 saturated heterocycles. The zero-order chi connectivity index (χ0) is 10.1. The Kier molecular flexibility index (Phi) is 6.62. The molecule has 0 aromatic carbocycles. The average Bonchev–Trinajstić information content (AvgIpc) is 2.69. The third kappa shape index (κ3) is 5.35.